The number of carbonyl (C=O) groups is 1. The molecule has 1 aromatic rings. The maximum Gasteiger partial charge on any atom is 0.414 e. The van der Waals surface area contributed by atoms with E-state index in [0.29, 0.717) is 6.54 Å². The summed E-state index contributed by atoms with van der Waals surface area (Å²) in [7, 11) is 1.84. The normalized spacial score (nSPS) is 18.0. The number of aliphatic hydroxyl groups is 1. The fraction of sp³-hybridized carbons (Fsp3) is 0.588. The number of likely N-dealkylation sites (tertiary alicyclic amines) is 1. The zero-order valence-corrected chi connectivity index (χ0v) is 13.7. The molecule has 7 heteroatoms. The quantitative estimate of drug-likeness (QED) is 0.891. The molecule has 4 nitrogen and oxygen atoms in total. The van der Waals surface area contributed by atoms with Crippen LogP contribution in [0.25, 0.3) is 0 Å². The zero-order valence-electron chi connectivity index (χ0n) is 13.7. The number of likely N-dealkylation sites (N-methyl/N-ethyl adjacent to an activating group) is 1. The van der Waals surface area contributed by atoms with Crippen LogP contribution in [-0.4, -0.2) is 59.8 Å². The van der Waals surface area contributed by atoms with Crippen LogP contribution in [0.2, 0.25) is 0 Å². The summed E-state index contributed by atoms with van der Waals surface area (Å²) in [6, 6.07) is 9.74. The van der Waals surface area contributed by atoms with Gasteiger partial charge in [0, 0.05) is 19.6 Å². The van der Waals surface area contributed by atoms with Gasteiger partial charge in [-0.1, -0.05) is 30.3 Å². The average Bonchev–Trinajstić information content (AvgIpc) is 2.54. The van der Waals surface area contributed by atoms with Gasteiger partial charge in [0.2, 0.25) is 5.91 Å². The van der Waals surface area contributed by atoms with E-state index in [1.165, 1.54) is 0 Å². The molecule has 0 aliphatic carbocycles. The number of hydrogen-bond donors (Lipinski definition) is 1. The molecular formula is C17H23F3N2O2. The minimum Gasteiger partial charge on any atom is -0.383 e. The van der Waals surface area contributed by atoms with Crippen LogP contribution in [0.5, 0.6) is 0 Å². The summed E-state index contributed by atoms with van der Waals surface area (Å²) < 4.78 is 37.6. The summed E-state index contributed by atoms with van der Waals surface area (Å²) in [5.41, 5.74) is 1.10. The van der Waals surface area contributed by atoms with Gasteiger partial charge < -0.3 is 10.0 Å². The highest BCUT2D eigenvalue weighted by molar-refractivity contribution is 5.78. The van der Waals surface area contributed by atoms with Crippen LogP contribution < -0.4 is 0 Å². The molecule has 1 aromatic carbocycles. The standard InChI is InChI=1S/C17H23F3N2O2/c1-21(11-13-5-3-2-4-6-13)12-15(23)22-9-7-14(8-10-22)16(24)17(18,19)20/h2-6,14,16,24H,7-12H2,1H3. The number of benzene rings is 1. The highest BCUT2D eigenvalue weighted by Crippen LogP contribution is 2.31. The third kappa shape index (κ3) is 5.21. The van der Waals surface area contributed by atoms with Crippen LogP contribution in [0, 0.1) is 5.92 Å². The fourth-order valence-electron chi connectivity index (χ4n) is 3.01. The van der Waals surface area contributed by atoms with Crippen LogP contribution in [-0.2, 0) is 11.3 Å². The number of aliphatic hydroxyl groups excluding tert-OH is 1. The van der Waals surface area contributed by atoms with E-state index in [1.807, 2.05) is 42.3 Å². The number of piperidine rings is 1. The SMILES string of the molecule is CN(CC(=O)N1CCC(C(O)C(F)(F)F)CC1)Cc1ccccc1. The van der Waals surface area contributed by atoms with Gasteiger partial charge in [-0.25, -0.2) is 0 Å². The molecule has 2 rings (SSSR count). The maximum atomic E-state index is 12.5. The van der Waals surface area contributed by atoms with E-state index in [9.17, 15) is 23.1 Å². The fourth-order valence-corrected chi connectivity index (χ4v) is 3.01. The van der Waals surface area contributed by atoms with Gasteiger partial charge >= 0.3 is 6.18 Å². The molecular weight excluding hydrogens is 321 g/mol. The molecule has 0 aromatic heterocycles. The number of amides is 1. The Bertz CT molecular complexity index is 528. The molecule has 1 aliphatic heterocycles. The van der Waals surface area contributed by atoms with Crippen molar-refractivity contribution < 1.29 is 23.1 Å². The molecule has 0 spiro atoms. The van der Waals surface area contributed by atoms with Gasteiger partial charge in [-0.3, -0.25) is 9.69 Å². The van der Waals surface area contributed by atoms with Gasteiger partial charge in [-0.2, -0.15) is 13.2 Å². The van der Waals surface area contributed by atoms with Crippen molar-refractivity contribution in [3.8, 4) is 0 Å². The second-order valence-electron chi connectivity index (χ2n) is 6.36. The van der Waals surface area contributed by atoms with Crippen LogP contribution in [0.3, 0.4) is 0 Å². The summed E-state index contributed by atoms with van der Waals surface area (Å²) in [4.78, 5) is 15.7. The van der Waals surface area contributed by atoms with Crippen LogP contribution in [0.1, 0.15) is 18.4 Å². The second-order valence-corrected chi connectivity index (χ2v) is 6.36. The molecule has 0 bridgehead atoms. The number of rotatable bonds is 5. The van der Waals surface area contributed by atoms with Crippen LogP contribution in [0.4, 0.5) is 13.2 Å². The highest BCUT2D eigenvalue weighted by Gasteiger charge is 2.44. The van der Waals surface area contributed by atoms with E-state index in [4.69, 9.17) is 0 Å². The minimum atomic E-state index is -4.59. The number of hydrogen-bond acceptors (Lipinski definition) is 3. The van der Waals surface area contributed by atoms with Crippen molar-refractivity contribution in [1.82, 2.24) is 9.80 Å². The lowest BCUT2D eigenvalue weighted by atomic mass is 9.91. The Kier molecular flexibility index (Phi) is 6.23. The molecule has 1 N–H and O–H groups in total. The monoisotopic (exact) mass is 344 g/mol. The molecule has 1 atom stereocenters. The van der Waals surface area contributed by atoms with Crippen molar-refractivity contribution in [3.05, 3.63) is 35.9 Å². The van der Waals surface area contributed by atoms with E-state index in [2.05, 4.69) is 0 Å². The predicted octanol–water partition coefficient (Wildman–Crippen LogP) is 2.28. The van der Waals surface area contributed by atoms with Crippen molar-refractivity contribution in [1.29, 1.82) is 0 Å². The summed E-state index contributed by atoms with van der Waals surface area (Å²) in [6.07, 6.45) is -6.54. The first-order valence-corrected chi connectivity index (χ1v) is 8.02. The molecule has 0 saturated carbocycles. The van der Waals surface area contributed by atoms with E-state index >= 15 is 0 Å². The Balaban J connectivity index is 1.78. The molecule has 1 fully saturated rings. The second kappa shape index (κ2) is 7.98. The average molecular weight is 344 g/mol. The van der Waals surface area contributed by atoms with Crippen LogP contribution >= 0.6 is 0 Å². The Morgan fingerprint density at radius 3 is 2.42 bits per heavy atom. The Morgan fingerprint density at radius 2 is 1.88 bits per heavy atom. The number of nitrogens with zero attached hydrogens (tertiary/aromatic N) is 2. The number of halogens is 3. The van der Waals surface area contributed by atoms with E-state index in [0.717, 1.165) is 5.56 Å². The van der Waals surface area contributed by atoms with E-state index in [1.54, 1.807) is 4.90 Å². The molecule has 0 radical (unpaired) electrons. The van der Waals surface area contributed by atoms with Gasteiger partial charge in [0.1, 0.15) is 0 Å². The molecule has 1 saturated heterocycles. The summed E-state index contributed by atoms with van der Waals surface area (Å²) >= 11 is 0. The largest absolute Gasteiger partial charge is 0.414 e. The summed E-state index contributed by atoms with van der Waals surface area (Å²) in [5.74, 6) is -0.913. The molecule has 1 unspecified atom stereocenters. The highest BCUT2D eigenvalue weighted by atomic mass is 19.4. The van der Waals surface area contributed by atoms with E-state index < -0.39 is 18.2 Å². The van der Waals surface area contributed by atoms with Gasteiger partial charge in [0.15, 0.2) is 6.10 Å². The molecule has 1 heterocycles. The smallest absolute Gasteiger partial charge is 0.383 e. The first-order chi connectivity index (χ1) is 11.3. The van der Waals surface area contributed by atoms with E-state index in [-0.39, 0.29) is 38.4 Å². The summed E-state index contributed by atoms with van der Waals surface area (Å²) in [5, 5.41) is 9.31. The number of carbonyl (C=O) groups excluding carboxylic acids is 1. The lowest BCUT2D eigenvalue weighted by Gasteiger charge is -2.35. The van der Waals surface area contributed by atoms with Gasteiger partial charge in [-0.15, -0.1) is 0 Å². The minimum absolute atomic E-state index is 0.0895. The first kappa shape index (κ1) is 18.7. The number of alkyl halides is 3. The van der Waals surface area contributed by atoms with Crippen molar-refractivity contribution in [2.45, 2.75) is 31.7 Å². The third-order valence-corrected chi connectivity index (χ3v) is 4.37. The van der Waals surface area contributed by atoms with Gasteiger partial charge in [0.25, 0.3) is 0 Å². The maximum absolute atomic E-state index is 12.5. The molecule has 1 amide bonds. The predicted molar refractivity (Wildman–Crippen MR) is 84.1 cm³/mol. The van der Waals surface area contributed by atoms with Gasteiger partial charge in [0.05, 0.1) is 6.54 Å². The zero-order chi connectivity index (χ0) is 17.7. The third-order valence-electron chi connectivity index (χ3n) is 4.37. The van der Waals surface area contributed by atoms with Crippen molar-refractivity contribution in [2.24, 2.45) is 5.92 Å². The van der Waals surface area contributed by atoms with Gasteiger partial charge in [-0.05, 0) is 31.4 Å². The topological polar surface area (TPSA) is 43.8 Å². The van der Waals surface area contributed by atoms with Crippen molar-refractivity contribution >= 4 is 5.91 Å². The molecule has 134 valence electrons. The lowest BCUT2D eigenvalue weighted by molar-refractivity contribution is -0.222. The van der Waals surface area contributed by atoms with Crippen molar-refractivity contribution in [3.63, 3.8) is 0 Å². The lowest BCUT2D eigenvalue weighted by Crippen LogP contribution is -2.47. The molecule has 1 aliphatic rings. The van der Waals surface area contributed by atoms with Crippen LogP contribution in [0.15, 0.2) is 30.3 Å². The molecule has 24 heavy (non-hydrogen) atoms. The summed E-state index contributed by atoms with van der Waals surface area (Å²) in [6.45, 7) is 1.38. The Hall–Kier alpha value is -1.60. The van der Waals surface area contributed by atoms with Crippen molar-refractivity contribution in [2.75, 3.05) is 26.7 Å². The Morgan fingerprint density at radius 1 is 1.29 bits per heavy atom. The first-order valence-electron chi connectivity index (χ1n) is 8.02. The Labute approximate surface area is 139 Å².